The van der Waals surface area contributed by atoms with Crippen molar-refractivity contribution in [3.8, 4) is 0 Å². The predicted octanol–water partition coefficient (Wildman–Crippen LogP) is 1.52. The van der Waals surface area contributed by atoms with Gasteiger partial charge in [-0.2, -0.15) is 3.97 Å². The van der Waals surface area contributed by atoms with Gasteiger partial charge in [0.2, 0.25) is 0 Å². The van der Waals surface area contributed by atoms with Crippen LogP contribution in [0.1, 0.15) is 5.82 Å². The molecule has 0 amide bonds. The van der Waals surface area contributed by atoms with Crippen LogP contribution in [0.2, 0.25) is 0 Å². The highest BCUT2D eigenvalue weighted by atomic mass is 32.1. The molecule has 3 heteroatoms. The minimum atomic E-state index is 0.900. The molecule has 0 bridgehead atoms. The van der Waals surface area contributed by atoms with Gasteiger partial charge in [-0.15, -0.1) is 0 Å². The Labute approximate surface area is 76.4 Å². The van der Waals surface area contributed by atoms with Crippen LogP contribution in [0, 0.1) is 6.92 Å². The molecule has 1 aromatic heterocycles. The summed E-state index contributed by atoms with van der Waals surface area (Å²) in [6.07, 6.45) is 1.86. The number of benzene rings is 1. The molecular weight excluding hydrogens is 168 g/mol. The Morgan fingerprint density at radius 3 is 2.92 bits per heavy atom. The van der Waals surface area contributed by atoms with Crippen LogP contribution in [-0.4, -0.2) is 4.98 Å². The number of hydrogen-bond donors (Lipinski definition) is 1. The van der Waals surface area contributed by atoms with Gasteiger partial charge in [0.15, 0.2) is 11.7 Å². The molecule has 1 heterocycles. The first-order valence-electron chi connectivity index (χ1n) is 3.75. The number of aryl methyl sites for hydroxylation is 1. The highest BCUT2D eigenvalue weighted by Gasteiger charge is 2.07. The molecule has 0 fully saturated rings. The molecule has 0 N–H and O–H groups in total. The number of nitrogens with zero attached hydrogens (tertiary/aromatic N) is 2. The highest BCUT2D eigenvalue weighted by molar-refractivity contribution is 7.73. The Kier molecular flexibility index (Phi) is 1.73. The molecule has 0 spiro atoms. The maximum absolute atomic E-state index is 4.32. The van der Waals surface area contributed by atoms with Crippen molar-refractivity contribution in [3.63, 3.8) is 0 Å². The van der Waals surface area contributed by atoms with Gasteiger partial charge in [-0.3, -0.25) is 0 Å². The molecule has 2 nitrogen and oxygen atoms in total. The zero-order valence-electron chi connectivity index (χ0n) is 6.73. The van der Waals surface area contributed by atoms with Crippen LogP contribution in [0.4, 0.5) is 0 Å². The maximum atomic E-state index is 4.32. The summed E-state index contributed by atoms with van der Waals surface area (Å²) in [7, 11) is 0. The molecule has 2 rings (SSSR count). The van der Waals surface area contributed by atoms with Crippen molar-refractivity contribution in [2.75, 3.05) is 0 Å². The van der Waals surface area contributed by atoms with E-state index in [4.69, 9.17) is 0 Å². The number of fused-ring (bicyclic) bond motifs is 1. The number of thiol groups is 1. The Morgan fingerprint density at radius 2 is 2.08 bits per heavy atom. The molecule has 60 valence electrons. The SMILES string of the molecule is Cc1ncc2ccccc2[n+]1S. The van der Waals surface area contributed by atoms with Crippen LogP contribution in [0.15, 0.2) is 30.5 Å². The molecule has 2 aromatic rings. The monoisotopic (exact) mass is 177 g/mol. The smallest absolute Gasteiger partial charge is 0.165 e. The van der Waals surface area contributed by atoms with Crippen molar-refractivity contribution in [2.45, 2.75) is 6.92 Å². The van der Waals surface area contributed by atoms with Crippen molar-refractivity contribution < 1.29 is 3.97 Å². The average molecular weight is 177 g/mol. The van der Waals surface area contributed by atoms with Gasteiger partial charge in [0.25, 0.3) is 0 Å². The van der Waals surface area contributed by atoms with E-state index in [-0.39, 0.29) is 0 Å². The lowest BCUT2D eigenvalue weighted by Crippen LogP contribution is -2.27. The summed E-state index contributed by atoms with van der Waals surface area (Å²) in [5.74, 6) is 0.900. The fourth-order valence-electron chi connectivity index (χ4n) is 1.18. The van der Waals surface area contributed by atoms with Crippen molar-refractivity contribution in [3.05, 3.63) is 36.3 Å². The Balaban J connectivity index is 2.91. The van der Waals surface area contributed by atoms with Crippen molar-refractivity contribution in [1.82, 2.24) is 4.98 Å². The molecule has 1 aromatic carbocycles. The summed E-state index contributed by atoms with van der Waals surface area (Å²) in [5, 5.41) is 1.11. The Bertz CT molecular complexity index is 426. The van der Waals surface area contributed by atoms with Gasteiger partial charge in [0, 0.05) is 19.7 Å². The lowest BCUT2D eigenvalue weighted by atomic mass is 10.2. The molecule has 0 saturated carbocycles. The zero-order valence-corrected chi connectivity index (χ0v) is 7.62. The Morgan fingerprint density at radius 1 is 1.33 bits per heavy atom. The van der Waals surface area contributed by atoms with Crippen LogP contribution in [-0.2, 0) is 0 Å². The minimum Gasteiger partial charge on any atom is -0.165 e. The zero-order chi connectivity index (χ0) is 8.55. The van der Waals surface area contributed by atoms with Crippen molar-refractivity contribution in [2.24, 2.45) is 0 Å². The molecule has 0 aliphatic heterocycles. The van der Waals surface area contributed by atoms with Gasteiger partial charge in [-0.1, -0.05) is 17.1 Å². The van der Waals surface area contributed by atoms with Crippen LogP contribution >= 0.6 is 12.8 Å². The highest BCUT2D eigenvalue weighted by Crippen LogP contribution is 2.07. The van der Waals surface area contributed by atoms with E-state index in [1.807, 2.05) is 37.4 Å². The van der Waals surface area contributed by atoms with E-state index < -0.39 is 0 Å². The second-order valence-corrected chi connectivity index (χ2v) is 3.08. The van der Waals surface area contributed by atoms with Crippen molar-refractivity contribution >= 4 is 23.7 Å². The number of rotatable bonds is 0. The lowest BCUT2D eigenvalue weighted by molar-refractivity contribution is -0.471. The third-order valence-corrected chi connectivity index (χ3v) is 2.37. The standard InChI is InChI=1S/C9H9N2S/c1-7-10-6-8-4-2-3-5-9(8)11(7)12/h2-6,12H,1H3/q+1. The molecule has 0 radical (unpaired) electrons. The fraction of sp³-hybridized carbons (Fsp3) is 0.111. The molecule has 0 atom stereocenters. The van der Waals surface area contributed by atoms with Crippen LogP contribution in [0.3, 0.4) is 0 Å². The first-order chi connectivity index (χ1) is 5.79. The topological polar surface area (TPSA) is 16.8 Å². The van der Waals surface area contributed by atoms with E-state index in [0.717, 1.165) is 16.7 Å². The number of para-hydroxylation sites is 1. The fourth-order valence-corrected chi connectivity index (χ4v) is 1.42. The summed E-state index contributed by atoms with van der Waals surface area (Å²) >= 11 is 4.32. The molecule has 12 heavy (non-hydrogen) atoms. The molecule has 0 saturated heterocycles. The first kappa shape index (κ1) is 7.55. The summed E-state index contributed by atoms with van der Waals surface area (Å²) in [4.78, 5) is 4.19. The summed E-state index contributed by atoms with van der Waals surface area (Å²) in [5.41, 5.74) is 1.09. The third-order valence-electron chi connectivity index (χ3n) is 1.86. The normalized spacial score (nSPS) is 10.5. The van der Waals surface area contributed by atoms with Gasteiger partial charge in [-0.05, 0) is 12.1 Å². The lowest BCUT2D eigenvalue weighted by Gasteiger charge is -1.96. The quantitative estimate of drug-likeness (QED) is 0.477. The predicted molar refractivity (Wildman–Crippen MR) is 51.1 cm³/mol. The van der Waals surface area contributed by atoms with Gasteiger partial charge < -0.3 is 0 Å². The van der Waals surface area contributed by atoms with E-state index in [0.29, 0.717) is 0 Å². The van der Waals surface area contributed by atoms with Gasteiger partial charge in [-0.25, -0.2) is 0 Å². The number of hydrogen-bond acceptors (Lipinski definition) is 2. The maximum Gasteiger partial charge on any atom is 0.307 e. The summed E-state index contributed by atoms with van der Waals surface area (Å²) in [6.45, 7) is 1.93. The van der Waals surface area contributed by atoms with E-state index >= 15 is 0 Å². The van der Waals surface area contributed by atoms with Crippen LogP contribution in [0.5, 0.6) is 0 Å². The molecule has 0 unspecified atom stereocenters. The van der Waals surface area contributed by atoms with Crippen LogP contribution in [0.25, 0.3) is 10.9 Å². The van der Waals surface area contributed by atoms with Gasteiger partial charge >= 0.3 is 5.82 Å². The molecule has 0 aliphatic carbocycles. The van der Waals surface area contributed by atoms with Crippen molar-refractivity contribution in [1.29, 1.82) is 0 Å². The molecule has 0 aliphatic rings. The van der Waals surface area contributed by atoms with E-state index in [9.17, 15) is 0 Å². The second kappa shape index (κ2) is 2.75. The van der Waals surface area contributed by atoms with Gasteiger partial charge in [0.1, 0.15) is 0 Å². The van der Waals surface area contributed by atoms with Crippen LogP contribution < -0.4 is 3.97 Å². The minimum absolute atomic E-state index is 0.900. The van der Waals surface area contributed by atoms with E-state index in [1.54, 1.807) is 3.97 Å². The summed E-state index contributed by atoms with van der Waals surface area (Å²) < 4.78 is 1.79. The van der Waals surface area contributed by atoms with E-state index in [1.165, 1.54) is 0 Å². The van der Waals surface area contributed by atoms with Gasteiger partial charge in [0.05, 0.1) is 5.39 Å². The first-order valence-corrected chi connectivity index (χ1v) is 4.15. The Hall–Kier alpha value is -1.09. The number of aromatic nitrogens is 2. The van der Waals surface area contributed by atoms with E-state index in [2.05, 4.69) is 17.8 Å². The third kappa shape index (κ3) is 1.06. The molecular formula is C9H9N2S+. The largest absolute Gasteiger partial charge is 0.307 e. The second-order valence-electron chi connectivity index (χ2n) is 2.68. The summed E-state index contributed by atoms with van der Waals surface area (Å²) in [6, 6.07) is 8.03. The average Bonchev–Trinajstić information content (AvgIpc) is 2.12.